The van der Waals surface area contributed by atoms with Gasteiger partial charge in [0.25, 0.3) is 0 Å². The number of para-hydroxylation sites is 1. The highest BCUT2D eigenvalue weighted by Gasteiger charge is 2.41. The number of rotatable bonds is 6. The summed E-state index contributed by atoms with van der Waals surface area (Å²) in [6, 6.07) is 47.2. The average Bonchev–Trinajstić information content (AvgIpc) is 3.47. The third-order valence-corrected chi connectivity index (χ3v) is 12.9. The highest BCUT2D eigenvalue weighted by Crippen LogP contribution is 2.55. The van der Waals surface area contributed by atoms with Gasteiger partial charge in [0.2, 0.25) is 0 Å². The van der Waals surface area contributed by atoms with Crippen LogP contribution in [0.4, 0.5) is 17.1 Å². The molecule has 0 saturated carbocycles. The molecule has 0 amide bonds. The fraction of sp³-hybridized carbons (Fsp3) is 0.200. The van der Waals surface area contributed by atoms with Gasteiger partial charge in [0.15, 0.2) is 0 Å². The SMILES string of the molecule is C/C1=C\C2=C(C(/c3ccccc3)=C/C3=C(CCC=C3)C1(C)C)c1ccc(N(c3ccccc3)c3ccc(-c4ccc(C5=CC=CCC5)cc4)cc3)cc1C2(C)C. The number of fused-ring (bicyclic) bond motifs is 2. The zero-order chi connectivity index (χ0) is 38.4. The lowest BCUT2D eigenvalue weighted by atomic mass is 9.71. The van der Waals surface area contributed by atoms with Crippen molar-refractivity contribution in [1.82, 2.24) is 0 Å². The van der Waals surface area contributed by atoms with Crippen LogP contribution in [0.1, 0.15) is 82.6 Å². The van der Waals surface area contributed by atoms with Crippen molar-refractivity contribution in [1.29, 1.82) is 0 Å². The normalized spacial score (nSPS) is 20.0. The molecule has 56 heavy (non-hydrogen) atoms. The van der Waals surface area contributed by atoms with E-state index in [9.17, 15) is 0 Å². The van der Waals surface area contributed by atoms with Gasteiger partial charge in [0, 0.05) is 27.9 Å². The van der Waals surface area contributed by atoms with E-state index in [4.69, 9.17) is 0 Å². The number of anilines is 3. The number of nitrogens with zero attached hydrogens (tertiary/aromatic N) is 1. The molecule has 0 unspecified atom stereocenters. The zero-order valence-corrected chi connectivity index (χ0v) is 33.4. The highest BCUT2D eigenvalue weighted by molar-refractivity contribution is 6.11. The topological polar surface area (TPSA) is 3.24 Å². The van der Waals surface area contributed by atoms with Gasteiger partial charge in [-0.25, -0.2) is 0 Å². The quantitative estimate of drug-likeness (QED) is 0.168. The van der Waals surface area contributed by atoms with Gasteiger partial charge in [-0.05, 0) is 136 Å². The molecule has 9 rings (SSSR count). The first-order valence-electron chi connectivity index (χ1n) is 20.4. The van der Waals surface area contributed by atoms with E-state index in [0.29, 0.717) is 0 Å². The minimum absolute atomic E-state index is 0.0558. The molecule has 5 aromatic carbocycles. The van der Waals surface area contributed by atoms with Crippen molar-refractivity contribution in [2.45, 2.75) is 65.7 Å². The lowest BCUT2D eigenvalue weighted by Gasteiger charge is -2.33. The van der Waals surface area contributed by atoms with Crippen LogP contribution in [0, 0.1) is 5.41 Å². The van der Waals surface area contributed by atoms with E-state index in [0.717, 1.165) is 42.7 Å². The number of allylic oxidation sites excluding steroid dienone is 14. The molecule has 0 radical (unpaired) electrons. The predicted octanol–water partition coefficient (Wildman–Crippen LogP) is 15.3. The van der Waals surface area contributed by atoms with Crippen LogP contribution in [-0.4, -0.2) is 0 Å². The van der Waals surface area contributed by atoms with Crippen molar-refractivity contribution >= 4 is 33.8 Å². The maximum atomic E-state index is 2.55. The summed E-state index contributed by atoms with van der Waals surface area (Å²) in [5, 5.41) is 0. The summed E-state index contributed by atoms with van der Waals surface area (Å²) in [5.74, 6) is 0. The van der Waals surface area contributed by atoms with E-state index in [-0.39, 0.29) is 10.8 Å². The smallest absolute Gasteiger partial charge is 0.0465 e. The van der Waals surface area contributed by atoms with Crippen LogP contribution in [0.15, 0.2) is 192 Å². The maximum absolute atomic E-state index is 2.55. The van der Waals surface area contributed by atoms with Crippen molar-refractivity contribution < 1.29 is 0 Å². The van der Waals surface area contributed by atoms with Crippen LogP contribution in [0.3, 0.4) is 0 Å². The molecule has 0 saturated heterocycles. The van der Waals surface area contributed by atoms with Gasteiger partial charge in [0.05, 0.1) is 0 Å². The minimum atomic E-state index is -0.227. The molecule has 0 bridgehead atoms. The van der Waals surface area contributed by atoms with E-state index < -0.39 is 0 Å². The van der Waals surface area contributed by atoms with Gasteiger partial charge in [-0.2, -0.15) is 0 Å². The third-order valence-electron chi connectivity index (χ3n) is 12.9. The summed E-state index contributed by atoms with van der Waals surface area (Å²) in [5.41, 5.74) is 20.6. The number of hydrogen-bond donors (Lipinski definition) is 0. The van der Waals surface area contributed by atoms with Crippen LogP contribution in [-0.2, 0) is 5.41 Å². The summed E-state index contributed by atoms with van der Waals surface area (Å²) < 4.78 is 0. The van der Waals surface area contributed by atoms with Crippen molar-refractivity contribution in [2.75, 3.05) is 4.90 Å². The molecule has 5 aromatic rings. The minimum Gasteiger partial charge on any atom is -0.310 e. The second kappa shape index (κ2) is 14.3. The van der Waals surface area contributed by atoms with E-state index in [1.165, 1.54) is 72.4 Å². The molecule has 276 valence electrons. The number of benzene rings is 5. The van der Waals surface area contributed by atoms with Crippen molar-refractivity contribution in [2.24, 2.45) is 5.41 Å². The summed E-state index contributed by atoms with van der Waals surface area (Å²) in [6.07, 6.45) is 20.9. The van der Waals surface area contributed by atoms with Crippen LogP contribution < -0.4 is 4.90 Å². The summed E-state index contributed by atoms with van der Waals surface area (Å²) >= 11 is 0. The molecule has 4 aliphatic rings. The molecule has 0 spiro atoms. The van der Waals surface area contributed by atoms with Crippen molar-refractivity contribution in [3.05, 3.63) is 214 Å². The largest absolute Gasteiger partial charge is 0.310 e. The second-order valence-electron chi connectivity index (χ2n) is 16.8. The van der Waals surface area contributed by atoms with E-state index in [1.54, 1.807) is 0 Å². The number of hydrogen-bond acceptors (Lipinski definition) is 1. The van der Waals surface area contributed by atoms with Crippen LogP contribution in [0.5, 0.6) is 0 Å². The maximum Gasteiger partial charge on any atom is 0.0465 e. The Bertz CT molecular complexity index is 2530. The highest BCUT2D eigenvalue weighted by atomic mass is 15.1. The Labute approximate surface area is 334 Å². The second-order valence-corrected chi connectivity index (χ2v) is 16.8. The van der Waals surface area contributed by atoms with Gasteiger partial charge in [-0.3, -0.25) is 0 Å². The fourth-order valence-corrected chi connectivity index (χ4v) is 9.30. The summed E-state index contributed by atoms with van der Waals surface area (Å²) in [4.78, 5) is 2.41. The lowest BCUT2D eigenvalue weighted by molar-refractivity contribution is 0.507. The Morgan fingerprint density at radius 1 is 0.554 bits per heavy atom. The molecule has 0 fully saturated rings. The average molecular weight is 726 g/mol. The molecule has 1 heteroatoms. The van der Waals surface area contributed by atoms with Gasteiger partial charge < -0.3 is 4.90 Å². The van der Waals surface area contributed by atoms with Crippen LogP contribution in [0.2, 0.25) is 0 Å². The Morgan fingerprint density at radius 3 is 1.88 bits per heavy atom. The molecule has 0 N–H and O–H groups in total. The molecular weight excluding hydrogens is 675 g/mol. The van der Waals surface area contributed by atoms with Gasteiger partial charge in [-0.15, -0.1) is 0 Å². The Hall–Kier alpha value is -5.92. The first-order chi connectivity index (χ1) is 27.2. The fourth-order valence-electron chi connectivity index (χ4n) is 9.30. The van der Waals surface area contributed by atoms with Crippen molar-refractivity contribution in [3.8, 4) is 11.1 Å². The molecule has 0 atom stereocenters. The van der Waals surface area contributed by atoms with E-state index in [2.05, 4.69) is 209 Å². The summed E-state index contributed by atoms with van der Waals surface area (Å²) in [7, 11) is 0. The third kappa shape index (κ3) is 6.30. The predicted molar refractivity (Wildman–Crippen MR) is 240 cm³/mol. The molecule has 1 nitrogen and oxygen atoms in total. The Balaban J connectivity index is 1.15. The summed E-state index contributed by atoms with van der Waals surface area (Å²) in [6.45, 7) is 12.1. The molecule has 0 aromatic heterocycles. The molecular formula is C55H51N. The molecule has 0 heterocycles. The van der Waals surface area contributed by atoms with Crippen LogP contribution in [0.25, 0.3) is 27.8 Å². The lowest BCUT2D eigenvalue weighted by Crippen LogP contribution is -2.21. The van der Waals surface area contributed by atoms with Gasteiger partial charge >= 0.3 is 0 Å². The van der Waals surface area contributed by atoms with Gasteiger partial charge in [0.1, 0.15) is 0 Å². The molecule has 0 aliphatic heterocycles. The zero-order valence-electron chi connectivity index (χ0n) is 33.4. The Morgan fingerprint density at radius 2 is 1.18 bits per heavy atom. The van der Waals surface area contributed by atoms with Crippen molar-refractivity contribution in [3.63, 3.8) is 0 Å². The van der Waals surface area contributed by atoms with E-state index in [1.807, 2.05) is 0 Å². The Kier molecular flexibility index (Phi) is 9.13. The van der Waals surface area contributed by atoms with Crippen LogP contribution >= 0.6 is 0 Å². The standard InChI is InChI=1S/C55H51N/c1-38-35-52-53(49(43-19-11-7-12-20-43)36-44-21-15-16-24-50(44)54(38,2)3)48-34-33-47(37-51(48)55(52,4)5)56(45-22-13-8-14-23-45)46-31-29-42(30-32-46)41-27-25-40(26-28-41)39-17-9-6-10-18-39/h6-9,11-15,17,19-23,25-37H,10,16,18,24H2,1-5H3/b38-35+,49-36+. The van der Waals surface area contributed by atoms with Gasteiger partial charge in [-0.1, -0.05) is 166 Å². The molecule has 4 aliphatic carbocycles. The first-order valence-corrected chi connectivity index (χ1v) is 20.4. The first kappa shape index (κ1) is 35.8. The van der Waals surface area contributed by atoms with E-state index >= 15 is 0 Å². The monoisotopic (exact) mass is 725 g/mol.